The molecule has 4 nitrogen and oxygen atoms in total. The fourth-order valence-electron chi connectivity index (χ4n) is 1.94. The summed E-state index contributed by atoms with van der Waals surface area (Å²) in [6, 6.07) is 0. The van der Waals surface area contributed by atoms with Crippen molar-refractivity contribution in [3.63, 3.8) is 0 Å². The van der Waals surface area contributed by atoms with Crippen LogP contribution < -0.4 is 0 Å². The number of rotatable bonds is 11. The van der Waals surface area contributed by atoms with Crippen LogP contribution in [-0.2, 0) is 19.1 Å². The van der Waals surface area contributed by atoms with Crippen LogP contribution in [0.3, 0.4) is 0 Å². The molecule has 0 fully saturated rings. The molecule has 0 saturated carbocycles. The van der Waals surface area contributed by atoms with Gasteiger partial charge in [0.05, 0.1) is 0 Å². The van der Waals surface area contributed by atoms with Gasteiger partial charge in [-0.3, -0.25) is 9.59 Å². The van der Waals surface area contributed by atoms with E-state index in [4.69, 9.17) is 9.47 Å². The molecule has 0 N–H and O–H groups in total. The van der Waals surface area contributed by atoms with Gasteiger partial charge in [-0.15, -0.1) is 0 Å². The Morgan fingerprint density at radius 3 is 1.25 bits per heavy atom. The number of unbranched alkanes of at least 4 members (excludes halogenated alkanes) is 1. The molecule has 0 radical (unpaired) electrons. The van der Waals surface area contributed by atoms with Crippen molar-refractivity contribution in [2.24, 2.45) is 0 Å². The van der Waals surface area contributed by atoms with E-state index in [2.05, 4.69) is 0 Å². The summed E-state index contributed by atoms with van der Waals surface area (Å²) in [6.07, 6.45) is 5.59. The lowest BCUT2D eigenvalue weighted by Gasteiger charge is -2.14. The normalized spacial score (nSPS) is 10.9. The molecule has 0 unspecified atom stereocenters. The van der Waals surface area contributed by atoms with E-state index in [1.165, 1.54) is 0 Å². The molecule has 20 heavy (non-hydrogen) atoms. The van der Waals surface area contributed by atoms with E-state index in [1.807, 2.05) is 27.7 Å². The van der Waals surface area contributed by atoms with E-state index < -0.39 is 0 Å². The molecule has 0 aliphatic heterocycles. The molecule has 0 heterocycles. The highest BCUT2D eigenvalue weighted by Gasteiger charge is 2.12. The summed E-state index contributed by atoms with van der Waals surface area (Å²) < 4.78 is 10.6. The van der Waals surface area contributed by atoms with Gasteiger partial charge < -0.3 is 9.47 Å². The number of hydrogen-bond donors (Lipinski definition) is 0. The molecule has 0 bridgehead atoms. The van der Waals surface area contributed by atoms with Crippen molar-refractivity contribution >= 4 is 11.9 Å². The molecule has 0 rings (SSSR count). The summed E-state index contributed by atoms with van der Waals surface area (Å²) in [7, 11) is 0. The lowest BCUT2D eigenvalue weighted by Crippen LogP contribution is -2.17. The third-order valence-corrected chi connectivity index (χ3v) is 3.43. The Labute approximate surface area is 123 Å². The smallest absolute Gasteiger partial charge is 0.306 e. The molecule has 0 spiro atoms. The van der Waals surface area contributed by atoms with E-state index >= 15 is 0 Å². The zero-order chi connectivity index (χ0) is 15.4. The minimum absolute atomic E-state index is 0.0299. The summed E-state index contributed by atoms with van der Waals surface area (Å²) >= 11 is 0. The second kappa shape index (κ2) is 11.7. The quantitative estimate of drug-likeness (QED) is 0.425. The Morgan fingerprint density at radius 1 is 0.700 bits per heavy atom. The predicted octanol–water partition coefficient (Wildman–Crippen LogP) is 4.01. The van der Waals surface area contributed by atoms with Gasteiger partial charge in [-0.2, -0.15) is 0 Å². The first-order chi connectivity index (χ1) is 9.57. The van der Waals surface area contributed by atoms with Crippen LogP contribution in [0.25, 0.3) is 0 Å². The first-order valence-electron chi connectivity index (χ1n) is 7.96. The van der Waals surface area contributed by atoms with Crippen LogP contribution in [0.4, 0.5) is 0 Å². The van der Waals surface area contributed by atoms with Gasteiger partial charge in [0.15, 0.2) is 0 Å². The monoisotopic (exact) mass is 286 g/mol. The van der Waals surface area contributed by atoms with E-state index in [0.717, 1.165) is 25.7 Å². The van der Waals surface area contributed by atoms with Crippen LogP contribution in [0.5, 0.6) is 0 Å². The van der Waals surface area contributed by atoms with E-state index in [9.17, 15) is 9.59 Å². The van der Waals surface area contributed by atoms with Gasteiger partial charge in [-0.1, -0.05) is 27.7 Å². The molecule has 0 aliphatic rings. The van der Waals surface area contributed by atoms with Crippen LogP contribution in [0.2, 0.25) is 0 Å². The van der Waals surface area contributed by atoms with E-state index in [-0.39, 0.29) is 24.1 Å². The minimum Gasteiger partial charge on any atom is -0.462 e. The van der Waals surface area contributed by atoms with Gasteiger partial charge in [0.1, 0.15) is 12.2 Å². The number of esters is 2. The molecule has 0 atom stereocenters. The lowest BCUT2D eigenvalue weighted by atomic mass is 10.2. The second-order valence-corrected chi connectivity index (χ2v) is 5.06. The van der Waals surface area contributed by atoms with E-state index in [1.54, 1.807) is 0 Å². The zero-order valence-electron chi connectivity index (χ0n) is 13.4. The first kappa shape index (κ1) is 18.9. The van der Waals surface area contributed by atoms with Crippen molar-refractivity contribution in [3.8, 4) is 0 Å². The molecule has 0 aliphatic carbocycles. The van der Waals surface area contributed by atoms with Gasteiger partial charge in [-0.25, -0.2) is 0 Å². The molecule has 0 saturated heterocycles. The van der Waals surface area contributed by atoms with Crippen LogP contribution in [0.15, 0.2) is 0 Å². The maximum atomic E-state index is 11.5. The maximum absolute atomic E-state index is 11.5. The van der Waals surface area contributed by atoms with Crippen LogP contribution >= 0.6 is 0 Å². The van der Waals surface area contributed by atoms with Gasteiger partial charge >= 0.3 is 11.9 Å². The van der Waals surface area contributed by atoms with Gasteiger partial charge in [-0.05, 0) is 38.5 Å². The summed E-state index contributed by atoms with van der Waals surface area (Å²) in [5.41, 5.74) is 0. The van der Waals surface area contributed by atoms with Crippen molar-refractivity contribution < 1.29 is 19.1 Å². The van der Waals surface area contributed by atoms with Gasteiger partial charge in [0, 0.05) is 12.8 Å². The minimum atomic E-state index is -0.160. The van der Waals surface area contributed by atoms with Crippen molar-refractivity contribution in [1.29, 1.82) is 0 Å². The van der Waals surface area contributed by atoms with Crippen molar-refractivity contribution in [2.75, 3.05) is 0 Å². The van der Waals surface area contributed by atoms with E-state index in [0.29, 0.717) is 25.7 Å². The molecule has 0 aromatic heterocycles. The third kappa shape index (κ3) is 8.94. The maximum Gasteiger partial charge on any atom is 0.306 e. The number of ether oxygens (including phenoxy) is 2. The average Bonchev–Trinajstić information content (AvgIpc) is 2.46. The molecule has 0 aromatic rings. The Balaban J connectivity index is 3.70. The SMILES string of the molecule is CCC(CC)OC(=O)CCCCC(=O)OC(CC)CC. The number of carbonyl (C=O) groups is 2. The molecule has 0 aromatic carbocycles. The molecular weight excluding hydrogens is 256 g/mol. The summed E-state index contributed by atoms with van der Waals surface area (Å²) in [6.45, 7) is 8.04. The van der Waals surface area contributed by atoms with Gasteiger partial charge in [0.2, 0.25) is 0 Å². The van der Waals surface area contributed by atoms with Crippen LogP contribution in [-0.4, -0.2) is 24.1 Å². The van der Waals surface area contributed by atoms with Crippen molar-refractivity contribution in [3.05, 3.63) is 0 Å². The Morgan fingerprint density at radius 2 is 1.00 bits per heavy atom. The topological polar surface area (TPSA) is 52.6 Å². The highest BCUT2D eigenvalue weighted by atomic mass is 16.5. The molecule has 0 amide bonds. The predicted molar refractivity (Wildman–Crippen MR) is 79.4 cm³/mol. The molecule has 4 heteroatoms. The third-order valence-electron chi connectivity index (χ3n) is 3.43. The highest BCUT2D eigenvalue weighted by Crippen LogP contribution is 2.10. The first-order valence-corrected chi connectivity index (χ1v) is 7.96. The summed E-state index contributed by atoms with van der Waals surface area (Å²) in [4.78, 5) is 23.1. The van der Waals surface area contributed by atoms with Gasteiger partial charge in [0.25, 0.3) is 0 Å². The Kier molecular flexibility index (Phi) is 11.1. The van der Waals surface area contributed by atoms with Crippen LogP contribution in [0.1, 0.15) is 79.1 Å². The summed E-state index contributed by atoms with van der Waals surface area (Å²) in [5, 5.41) is 0. The fourth-order valence-corrected chi connectivity index (χ4v) is 1.94. The van der Waals surface area contributed by atoms with Crippen LogP contribution in [0, 0.1) is 0 Å². The molecule has 118 valence electrons. The largest absolute Gasteiger partial charge is 0.462 e. The standard InChI is InChI=1S/C16H30O4/c1-5-13(6-2)19-15(17)11-9-10-12-16(18)20-14(7-3)8-4/h13-14H,5-12H2,1-4H3. The average molecular weight is 286 g/mol. The number of hydrogen-bond acceptors (Lipinski definition) is 4. The van der Waals surface area contributed by atoms with Crippen molar-refractivity contribution in [2.45, 2.75) is 91.3 Å². The van der Waals surface area contributed by atoms with Crippen molar-refractivity contribution in [1.82, 2.24) is 0 Å². The lowest BCUT2D eigenvalue weighted by molar-refractivity contribution is -0.151. The molecular formula is C16H30O4. The second-order valence-electron chi connectivity index (χ2n) is 5.06. The Hall–Kier alpha value is -1.06. The zero-order valence-corrected chi connectivity index (χ0v) is 13.4. The fraction of sp³-hybridized carbons (Fsp3) is 0.875. The summed E-state index contributed by atoms with van der Waals surface area (Å²) in [5.74, 6) is -0.320. The highest BCUT2D eigenvalue weighted by molar-refractivity contribution is 5.70. The Bertz CT molecular complexity index is 240. The number of carbonyl (C=O) groups excluding carboxylic acids is 2.